The number of nitrogens with zero attached hydrogens (tertiary/aromatic N) is 5. The molecule has 3 aromatic carbocycles. The van der Waals surface area contributed by atoms with Gasteiger partial charge < -0.3 is 9.47 Å². The Hall–Kier alpha value is -6.33. The maximum absolute atomic E-state index is 5.02. The van der Waals surface area contributed by atoms with Gasteiger partial charge in [-0.3, -0.25) is 0 Å². The molecule has 10 rings (SSSR count). The van der Waals surface area contributed by atoms with Crippen LogP contribution >= 0.6 is 0 Å². The van der Waals surface area contributed by atoms with Crippen LogP contribution in [0.3, 0.4) is 0 Å². The highest BCUT2D eigenvalue weighted by Crippen LogP contribution is 2.46. The first-order valence-corrected chi connectivity index (χ1v) is 21.7. The van der Waals surface area contributed by atoms with Gasteiger partial charge in [-0.15, -0.1) is 0 Å². The lowest BCUT2D eigenvalue weighted by molar-refractivity contribution is 0.579. The quantitative estimate of drug-likeness (QED) is 0.172. The van der Waals surface area contributed by atoms with Crippen molar-refractivity contribution in [2.75, 3.05) is 0 Å². The Kier molecular flexibility index (Phi) is 12.4. The van der Waals surface area contributed by atoms with E-state index in [0.29, 0.717) is 17.5 Å². The highest BCUT2D eigenvalue weighted by molar-refractivity contribution is 5.76. The molecule has 296 valence electrons. The normalized spacial score (nSPS) is 17.9. The van der Waals surface area contributed by atoms with E-state index in [-0.39, 0.29) is 0 Å². The van der Waals surface area contributed by atoms with E-state index < -0.39 is 0 Å². The van der Waals surface area contributed by atoms with E-state index in [1.807, 2.05) is 32.0 Å². The minimum atomic E-state index is 0.675. The lowest BCUT2D eigenvalue weighted by Gasteiger charge is -2.26. The molecule has 0 saturated carbocycles. The first-order chi connectivity index (χ1) is 29.2. The maximum Gasteiger partial charge on any atom is 0.164 e. The molecule has 1 aliphatic heterocycles. The predicted octanol–water partition coefficient (Wildman–Crippen LogP) is 14.2. The molecule has 1 saturated heterocycles. The largest absolute Gasteiger partial charge is 0.320 e. The van der Waals surface area contributed by atoms with Crippen LogP contribution in [0.5, 0.6) is 0 Å². The first kappa shape index (κ1) is 39.5. The number of hydrogen-bond donors (Lipinski definition) is 0. The SMILES string of the molecule is C1=CC(c2nc(-c3ccccc3)nc(-c3cccc(-c4cccc(-n5ccc6c5C/C=C\C5=C7C/C(=C\6)N(C6=CCCC=C6)C7=CCC5)c4)c3)n2)=CCC1.CC.CCC. The predicted molar refractivity (Wildman–Crippen MR) is 247 cm³/mol. The number of aromatic nitrogens is 4. The van der Waals surface area contributed by atoms with E-state index in [2.05, 4.69) is 157 Å². The summed E-state index contributed by atoms with van der Waals surface area (Å²) in [5, 5.41) is 0. The van der Waals surface area contributed by atoms with Crippen LogP contribution in [-0.4, -0.2) is 24.4 Å². The zero-order valence-corrected chi connectivity index (χ0v) is 35.0. The molecular formula is C54H55N5. The van der Waals surface area contributed by atoms with Gasteiger partial charge in [-0.1, -0.05) is 143 Å². The van der Waals surface area contributed by atoms with Crippen molar-refractivity contribution >= 4 is 11.6 Å². The molecule has 0 amide bonds. The average molecular weight is 774 g/mol. The zero-order chi connectivity index (χ0) is 40.6. The summed E-state index contributed by atoms with van der Waals surface area (Å²) < 4.78 is 2.38. The van der Waals surface area contributed by atoms with E-state index in [0.717, 1.165) is 84.9 Å². The van der Waals surface area contributed by atoms with Gasteiger partial charge in [0.1, 0.15) is 0 Å². The molecule has 3 heterocycles. The summed E-state index contributed by atoms with van der Waals surface area (Å²) in [6.45, 7) is 8.25. The highest BCUT2D eigenvalue weighted by Gasteiger charge is 2.33. The molecule has 1 fully saturated rings. The summed E-state index contributed by atoms with van der Waals surface area (Å²) in [6, 6.07) is 30.0. The molecule has 0 unspecified atom stereocenters. The van der Waals surface area contributed by atoms with Crippen LogP contribution in [-0.2, 0) is 6.42 Å². The van der Waals surface area contributed by atoms with Gasteiger partial charge in [-0.05, 0) is 103 Å². The summed E-state index contributed by atoms with van der Waals surface area (Å²) in [7, 11) is 0. The molecule has 5 aromatic rings. The second kappa shape index (κ2) is 18.5. The molecule has 0 radical (unpaired) electrons. The van der Waals surface area contributed by atoms with Gasteiger partial charge in [-0.2, -0.15) is 0 Å². The lowest BCUT2D eigenvalue weighted by atomic mass is 9.93. The van der Waals surface area contributed by atoms with E-state index in [9.17, 15) is 0 Å². The smallest absolute Gasteiger partial charge is 0.164 e. The Balaban J connectivity index is 0.000000928. The van der Waals surface area contributed by atoms with Gasteiger partial charge in [0.15, 0.2) is 17.5 Å². The summed E-state index contributed by atoms with van der Waals surface area (Å²) in [5.74, 6) is 2.07. The minimum Gasteiger partial charge on any atom is -0.320 e. The Morgan fingerprint density at radius 1 is 0.610 bits per heavy atom. The van der Waals surface area contributed by atoms with E-state index in [1.54, 1.807) is 0 Å². The highest BCUT2D eigenvalue weighted by atomic mass is 15.2. The fraction of sp³-hybridized carbons (Fsp3) is 0.241. The Bertz CT molecular complexity index is 2570. The van der Waals surface area contributed by atoms with E-state index in [4.69, 9.17) is 15.0 Å². The minimum absolute atomic E-state index is 0.675. The van der Waals surface area contributed by atoms with Crippen molar-refractivity contribution in [3.63, 3.8) is 0 Å². The number of likely N-dealkylation sites (tertiary alicyclic amines) is 1. The fourth-order valence-electron chi connectivity index (χ4n) is 8.38. The fourth-order valence-corrected chi connectivity index (χ4v) is 8.38. The summed E-state index contributed by atoms with van der Waals surface area (Å²) in [6.07, 6.45) is 35.0. The Labute approximate surface area is 351 Å². The topological polar surface area (TPSA) is 46.8 Å². The number of rotatable bonds is 6. The van der Waals surface area contributed by atoms with Gasteiger partial charge in [0, 0.05) is 64.2 Å². The van der Waals surface area contributed by atoms with Gasteiger partial charge in [-0.25, -0.2) is 15.0 Å². The zero-order valence-electron chi connectivity index (χ0n) is 35.0. The standard InChI is InChI=1S/C49H41N5.C3H8.C2H6/c1-4-14-35(15-5-1)47-50-48(36-16-6-2-7-17-36)52-49(51-47)40-22-10-20-37(30-40)38-21-11-25-42(31-38)53-29-28-39-32-43-33-44-34(18-12-26-45(39)53)19-13-27-46(44)54(43)41-23-8-3-9-24-41;1-3-2;1-2/h1,4-6,8,10-12,14-18,20-25,27-32H,2-3,7,9,13,19,26,33H2;3H2,1-2H3;1-2H3/b18-12-,43-32+;;. The number of allylic oxidation sites excluding steroid dienone is 13. The molecule has 2 aromatic heterocycles. The van der Waals surface area contributed by atoms with Crippen LogP contribution in [0.2, 0.25) is 0 Å². The second-order valence-corrected chi connectivity index (χ2v) is 15.2. The van der Waals surface area contributed by atoms with Crippen molar-refractivity contribution in [1.29, 1.82) is 0 Å². The van der Waals surface area contributed by atoms with Crippen LogP contribution in [0.4, 0.5) is 0 Å². The van der Waals surface area contributed by atoms with Gasteiger partial charge in [0.2, 0.25) is 0 Å². The van der Waals surface area contributed by atoms with Crippen LogP contribution in [0.25, 0.3) is 51.2 Å². The van der Waals surface area contributed by atoms with Crippen molar-refractivity contribution in [3.05, 3.63) is 191 Å². The van der Waals surface area contributed by atoms with Crippen LogP contribution < -0.4 is 0 Å². The summed E-state index contributed by atoms with van der Waals surface area (Å²) in [4.78, 5) is 17.5. The third-order valence-electron chi connectivity index (χ3n) is 11.0. The van der Waals surface area contributed by atoms with Crippen LogP contribution in [0.15, 0.2) is 174 Å². The molecule has 59 heavy (non-hydrogen) atoms. The Morgan fingerprint density at radius 3 is 2.07 bits per heavy atom. The number of fused-ring (bicyclic) bond motifs is 2. The molecule has 5 nitrogen and oxygen atoms in total. The maximum atomic E-state index is 5.02. The average Bonchev–Trinajstić information content (AvgIpc) is 3.89. The summed E-state index contributed by atoms with van der Waals surface area (Å²) in [5.41, 5.74) is 16.0. The molecule has 0 spiro atoms. The van der Waals surface area contributed by atoms with Crippen molar-refractivity contribution in [2.45, 2.75) is 85.5 Å². The molecule has 0 atom stereocenters. The van der Waals surface area contributed by atoms with Gasteiger partial charge in [0.05, 0.1) is 0 Å². The Morgan fingerprint density at radius 2 is 1.31 bits per heavy atom. The van der Waals surface area contributed by atoms with Crippen molar-refractivity contribution in [3.8, 4) is 39.6 Å². The van der Waals surface area contributed by atoms with Crippen molar-refractivity contribution < 1.29 is 0 Å². The third-order valence-corrected chi connectivity index (χ3v) is 11.0. The molecule has 2 bridgehead atoms. The second-order valence-electron chi connectivity index (χ2n) is 15.2. The van der Waals surface area contributed by atoms with E-state index >= 15 is 0 Å². The number of hydrogen-bond acceptors (Lipinski definition) is 4. The van der Waals surface area contributed by atoms with Crippen LogP contribution in [0.1, 0.15) is 96.1 Å². The van der Waals surface area contributed by atoms with Crippen LogP contribution in [0, 0.1) is 0 Å². The molecule has 0 N–H and O–H groups in total. The lowest BCUT2D eigenvalue weighted by Crippen LogP contribution is -2.16. The molecule has 5 heteroatoms. The monoisotopic (exact) mass is 773 g/mol. The van der Waals surface area contributed by atoms with Crippen molar-refractivity contribution in [1.82, 2.24) is 24.4 Å². The van der Waals surface area contributed by atoms with Gasteiger partial charge in [0.25, 0.3) is 0 Å². The van der Waals surface area contributed by atoms with E-state index in [1.165, 1.54) is 45.9 Å². The molecule has 4 aliphatic carbocycles. The molecular weight excluding hydrogens is 719 g/mol. The third kappa shape index (κ3) is 8.47. The van der Waals surface area contributed by atoms with Crippen molar-refractivity contribution in [2.24, 2.45) is 0 Å². The van der Waals surface area contributed by atoms with Gasteiger partial charge >= 0.3 is 0 Å². The summed E-state index contributed by atoms with van der Waals surface area (Å²) >= 11 is 0. The number of benzene rings is 3. The first-order valence-electron chi connectivity index (χ1n) is 21.7. The molecule has 5 aliphatic rings.